The maximum Gasteiger partial charge on any atom is 0.340 e. The molecule has 0 radical (unpaired) electrons. The zero-order chi connectivity index (χ0) is 15.4. The molecule has 2 aromatic rings. The van der Waals surface area contributed by atoms with Gasteiger partial charge >= 0.3 is 5.69 Å². The van der Waals surface area contributed by atoms with Crippen LogP contribution in [0.25, 0.3) is 0 Å². The fourth-order valence-corrected chi connectivity index (χ4v) is 3.05. The van der Waals surface area contributed by atoms with E-state index < -0.39 is 0 Å². The van der Waals surface area contributed by atoms with Crippen LogP contribution in [0.5, 0.6) is 5.75 Å². The van der Waals surface area contributed by atoms with Crippen LogP contribution in [-0.4, -0.2) is 21.8 Å². The first-order valence-electron chi connectivity index (χ1n) is 7.71. The molecule has 1 aliphatic carbocycles. The van der Waals surface area contributed by atoms with E-state index in [-0.39, 0.29) is 11.5 Å². The van der Waals surface area contributed by atoms with Crippen LogP contribution >= 0.6 is 0 Å². The summed E-state index contributed by atoms with van der Waals surface area (Å²) in [7, 11) is 0. The normalized spacial score (nSPS) is 21.7. The predicted molar refractivity (Wildman–Crippen MR) is 80.3 cm³/mol. The monoisotopic (exact) mass is 305 g/mol. The molecule has 5 nitrogen and oxygen atoms in total. The van der Waals surface area contributed by atoms with Gasteiger partial charge in [0, 0.05) is 6.42 Å². The molecule has 0 amide bonds. The molecular formula is C16H20FN3O2. The van der Waals surface area contributed by atoms with E-state index in [0.717, 1.165) is 37.9 Å². The van der Waals surface area contributed by atoms with Crippen LogP contribution < -0.4 is 10.4 Å². The summed E-state index contributed by atoms with van der Waals surface area (Å²) in [4.78, 5) is 13.7. The van der Waals surface area contributed by atoms with Crippen LogP contribution in [0.3, 0.4) is 0 Å². The number of para-hydroxylation sites is 1. The Hall–Kier alpha value is -2.11. The van der Waals surface area contributed by atoms with Crippen molar-refractivity contribution in [2.75, 3.05) is 6.61 Å². The quantitative estimate of drug-likeness (QED) is 0.892. The number of hydrogen-bond donors (Lipinski definition) is 2. The Labute approximate surface area is 127 Å². The van der Waals surface area contributed by atoms with E-state index in [4.69, 9.17) is 4.74 Å². The molecule has 22 heavy (non-hydrogen) atoms. The third kappa shape index (κ3) is 3.75. The number of halogens is 1. The third-order valence-corrected chi connectivity index (χ3v) is 4.31. The number of H-pyrrole nitrogens is 2. The second-order valence-corrected chi connectivity index (χ2v) is 5.96. The Bertz CT molecular complexity index is 659. The first-order chi connectivity index (χ1) is 10.7. The molecule has 0 atom stereocenters. The van der Waals surface area contributed by atoms with Crippen LogP contribution in [0.15, 0.2) is 29.1 Å². The van der Waals surface area contributed by atoms with E-state index in [2.05, 4.69) is 15.2 Å². The number of benzene rings is 1. The van der Waals surface area contributed by atoms with Gasteiger partial charge in [-0.1, -0.05) is 12.1 Å². The number of hydrogen-bond acceptors (Lipinski definition) is 3. The van der Waals surface area contributed by atoms with Gasteiger partial charge < -0.3 is 4.74 Å². The summed E-state index contributed by atoms with van der Waals surface area (Å²) in [6, 6.07) is 6.51. The highest BCUT2D eigenvalue weighted by molar-refractivity contribution is 5.23. The summed E-state index contributed by atoms with van der Waals surface area (Å²) >= 11 is 0. The SMILES string of the molecule is O=c1[nH]nc(CC2CCC(COc3ccccc3F)CC2)[nH]1. The van der Waals surface area contributed by atoms with Crippen molar-refractivity contribution < 1.29 is 9.13 Å². The third-order valence-electron chi connectivity index (χ3n) is 4.31. The molecule has 1 aliphatic rings. The maximum absolute atomic E-state index is 13.5. The first-order valence-corrected chi connectivity index (χ1v) is 7.71. The standard InChI is InChI=1S/C16H20FN3O2/c17-13-3-1-2-4-14(13)22-10-12-7-5-11(6-8-12)9-15-18-16(21)20-19-15/h1-4,11-12H,5-10H2,(H2,18,19,20,21). The Balaban J connectivity index is 1.44. The fourth-order valence-electron chi connectivity index (χ4n) is 3.05. The van der Waals surface area contributed by atoms with Crippen LogP contribution in [0.2, 0.25) is 0 Å². The van der Waals surface area contributed by atoms with Crippen molar-refractivity contribution >= 4 is 0 Å². The molecule has 0 unspecified atom stereocenters. The zero-order valence-electron chi connectivity index (χ0n) is 12.3. The Morgan fingerprint density at radius 2 is 1.91 bits per heavy atom. The number of aromatic amines is 2. The summed E-state index contributed by atoms with van der Waals surface area (Å²) in [6.45, 7) is 0.562. The number of nitrogens with zero attached hydrogens (tertiary/aromatic N) is 1. The van der Waals surface area contributed by atoms with Crippen LogP contribution in [0.1, 0.15) is 31.5 Å². The lowest BCUT2D eigenvalue weighted by Crippen LogP contribution is -2.21. The molecule has 1 saturated carbocycles. The Morgan fingerprint density at radius 1 is 1.18 bits per heavy atom. The van der Waals surface area contributed by atoms with Gasteiger partial charge in [0.1, 0.15) is 5.82 Å². The molecule has 6 heteroatoms. The zero-order valence-corrected chi connectivity index (χ0v) is 12.3. The van der Waals surface area contributed by atoms with Gasteiger partial charge in [-0.15, -0.1) is 0 Å². The van der Waals surface area contributed by atoms with E-state index in [1.54, 1.807) is 18.2 Å². The molecule has 1 aromatic carbocycles. The van der Waals surface area contributed by atoms with Gasteiger partial charge in [-0.25, -0.2) is 14.3 Å². The first kappa shape index (κ1) is 14.8. The lowest BCUT2D eigenvalue weighted by molar-refractivity contribution is 0.177. The molecule has 0 bridgehead atoms. The van der Waals surface area contributed by atoms with E-state index >= 15 is 0 Å². The number of aromatic nitrogens is 3. The smallest absolute Gasteiger partial charge is 0.340 e. The van der Waals surface area contributed by atoms with Gasteiger partial charge in [-0.3, -0.25) is 4.98 Å². The van der Waals surface area contributed by atoms with Crippen LogP contribution in [0.4, 0.5) is 4.39 Å². The van der Waals surface area contributed by atoms with Gasteiger partial charge in [0.05, 0.1) is 6.61 Å². The summed E-state index contributed by atoms with van der Waals surface area (Å²) in [5, 5.41) is 6.35. The number of rotatable bonds is 5. The molecule has 1 aromatic heterocycles. The molecule has 118 valence electrons. The van der Waals surface area contributed by atoms with Crippen molar-refractivity contribution in [3.8, 4) is 5.75 Å². The number of ether oxygens (including phenoxy) is 1. The second-order valence-electron chi connectivity index (χ2n) is 5.96. The minimum absolute atomic E-state index is 0.248. The molecule has 0 spiro atoms. The van der Waals surface area contributed by atoms with Crippen LogP contribution in [-0.2, 0) is 6.42 Å². The predicted octanol–water partition coefficient (Wildman–Crippen LogP) is 2.67. The molecule has 0 saturated heterocycles. The van der Waals surface area contributed by atoms with E-state index in [9.17, 15) is 9.18 Å². The maximum atomic E-state index is 13.5. The Kier molecular flexibility index (Phi) is 4.56. The minimum Gasteiger partial charge on any atom is -0.490 e. The molecular weight excluding hydrogens is 285 g/mol. The van der Waals surface area contributed by atoms with Gasteiger partial charge in [0.25, 0.3) is 0 Å². The number of nitrogens with one attached hydrogen (secondary N) is 2. The summed E-state index contributed by atoms with van der Waals surface area (Å²) < 4.78 is 19.1. The average molecular weight is 305 g/mol. The topological polar surface area (TPSA) is 70.8 Å². The molecule has 1 fully saturated rings. The second kappa shape index (κ2) is 6.77. The Morgan fingerprint density at radius 3 is 2.59 bits per heavy atom. The summed E-state index contributed by atoms with van der Waals surface area (Å²) in [5.74, 6) is 1.77. The van der Waals surface area contributed by atoms with Crippen LogP contribution in [0, 0.1) is 17.7 Å². The van der Waals surface area contributed by atoms with E-state index in [1.165, 1.54) is 6.07 Å². The average Bonchev–Trinajstić information content (AvgIpc) is 2.93. The van der Waals surface area contributed by atoms with Gasteiger partial charge in [-0.05, 0) is 49.7 Å². The van der Waals surface area contributed by atoms with E-state index in [1.807, 2.05) is 0 Å². The van der Waals surface area contributed by atoms with E-state index in [0.29, 0.717) is 24.2 Å². The highest BCUT2D eigenvalue weighted by atomic mass is 19.1. The lowest BCUT2D eigenvalue weighted by Gasteiger charge is -2.27. The summed E-state index contributed by atoms with van der Waals surface area (Å²) in [6.07, 6.45) is 5.10. The lowest BCUT2D eigenvalue weighted by atomic mass is 9.81. The van der Waals surface area contributed by atoms with Gasteiger partial charge in [-0.2, -0.15) is 5.10 Å². The molecule has 0 aliphatic heterocycles. The van der Waals surface area contributed by atoms with Crippen molar-refractivity contribution in [1.82, 2.24) is 15.2 Å². The van der Waals surface area contributed by atoms with Crippen molar-refractivity contribution in [1.29, 1.82) is 0 Å². The van der Waals surface area contributed by atoms with Crippen molar-refractivity contribution in [3.05, 3.63) is 46.4 Å². The van der Waals surface area contributed by atoms with Crippen molar-refractivity contribution in [3.63, 3.8) is 0 Å². The largest absolute Gasteiger partial charge is 0.490 e. The van der Waals surface area contributed by atoms with Gasteiger partial charge in [0.2, 0.25) is 0 Å². The van der Waals surface area contributed by atoms with Gasteiger partial charge in [0.15, 0.2) is 11.6 Å². The molecule has 2 N–H and O–H groups in total. The highest BCUT2D eigenvalue weighted by Gasteiger charge is 2.23. The molecule has 3 rings (SSSR count). The molecule has 1 heterocycles. The highest BCUT2D eigenvalue weighted by Crippen LogP contribution is 2.31. The van der Waals surface area contributed by atoms with Crippen molar-refractivity contribution in [2.24, 2.45) is 11.8 Å². The van der Waals surface area contributed by atoms with Crippen molar-refractivity contribution in [2.45, 2.75) is 32.1 Å². The fraction of sp³-hybridized carbons (Fsp3) is 0.500. The minimum atomic E-state index is -0.307. The summed E-state index contributed by atoms with van der Waals surface area (Å²) in [5.41, 5.74) is -0.248.